The number of hydrogen-bond acceptors (Lipinski definition) is 9. The van der Waals surface area contributed by atoms with Crippen LogP contribution in [0, 0.1) is 0 Å². The van der Waals surface area contributed by atoms with E-state index in [2.05, 4.69) is 69.9 Å². The number of halogens is 2. The SMILES string of the molecule is COC1CN(C(C)C)C(=Nc2ccc(N3CCN(c4ccc(OCC5COC(Cn6ccnc6)(c6ccc(Cl)cc6Cl)O5)cc4)CC3)cc2)S1. The van der Waals surface area contributed by atoms with Gasteiger partial charge in [0.25, 0.3) is 0 Å². The standard InChI is InChI=1S/C37H42Cl2N6O4S/c1-26(2)45-21-35(46-3)50-36(45)41-28-5-7-29(8-6-28)43-16-18-44(19-17-43)30-9-11-31(12-10-30)47-22-32-23-48-37(49-32,24-42-15-14-40-25-42)33-13-4-27(38)20-34(33)39/h4-15,20,25-26,32,35H,16-19,21-24H2,1-3H3. The Morgan fingerprint density at radius 3 is 2.30 bits per heavy atom. The van der Waals surface area contributed by atoms with Gasteiger partial charge >= 0.3 is 0 Å². The predicted molar refractivity (Wildman–Crippen MR) is 201 cm³/mol. The minimum Gasteiger partial charge on any atom is -0.491 e. The number of anilines is 2. The molecule has 3 aliphatic heterocycles. The van der Waals surface area contributed by atoms with E-state index in [1.165, 1.54) is 11.4 Å². The van der Waals surface area contributed by atoms with Crippen molar-refractivity contribution in [1.82, 2.24) is 14.5 Å². The van der Waals surface area contributed by atoms with E-state index in [1.807, 2.05) is 29.0 Å². The number of methoxy groups -OCH3 is 1. The fourth-order valence-corrected chi connectivity index (χ4v) is 8.19. The number of benzene rings is 3. The first kappa shape index (κ1) is 35.0. The molecule has 0 N–H and O–H groups in total. The summed E-state index contributed by atoms with van der Waals surface area (Å²) in [6.07, 6.45) is 5.02. The Balaban J connectivity index is 0.913. The van der Waals surface area contributed by atoms with E-state index in [1.54, 1.807) is 43.5 Å². The first-order valence-electron chi connectivity index (χ1n) is 16.9. The summed E-state index contributed by atoms with van der Waals surface area (Å²) < 4.78 is 26.5. The van der Waals surface area contributed by atoms with Crippen LogP contribution in [0.1, 0.15) is 19.4 Å². The van der Waals surface area contributed by atoms with Crippen molar-refractivity contribution in [1.29, 1.82) is 0 Å². The van der Waals surface area contributed by atoms with Crippen molar-refractivity contribution in [2.75, 3.05) is 62.8 Å². The normalized spacial score (nSPS) is 23.4. The number of rotatable bonds is 11. The van der Waals surface area contributed by atoms with E-state index in [4.69, 9.17) is 47.1 Å². The van der Waals surface area contributed by atoms with Crippen molar-refractivity contribution in [3.63, 3.8) is 0 Å². The molecule has 0 amide bonds. The number of nitrogens with zero attached hydrogens (tertiary/aromatic N) is 6. The Hall–Kier alpha value is -3.45. The van der Waals surface area contributed by atoms with Crippen LogP contribution in [0.25, 0.3) is 0 Å². The molecule has 3 saturated heterocycles. The average molecular weight is 738 g/mol. The molecule has 0 saturated carbocycles. The molecule has 3 atom stereocenters. The predicted octanol–water partition coefficient (Wildman–Crippen LogP) is 7.28. The highest BCUT2D eigenvalue weighted by Crippen LogP contribution is 2.41. The Bertz CT molecular complexity index is 1750. The molecule has 0 radical (unpaired) electrons. The number of aliphatic imine (C=N–C) groups is 1. The lowest BCUT2D eigenvalue weighted by Crippen LogP contribution is -2.46. The van der Waals surface area contributed by atoms with Gasteiger partial charge in [-0.3, -0.25) is 0 Å². The maximum absolute atomic E-state index is 6.61. The molecule has 13 heteroatoms. The molecule has 10 nitrogen and oxygen atoms in total. The molecule has 1 aromatic heterocycles. The molecule has 0 bridgehead atoms. The zero-order valence-corrected chi connectivity index (χ0v) is 30.8. The largest absolute Gasteiger partial charge is 0.491 e. The van der Waals surface area contributed by atoms with Gasteiger partial charge in [0.05, 0.1) is 36.7 Å². The highest BCUT2D eigenvalue weighted by atomic mass is 35.5. The summed E-state index contributed by atoms with van der Waals surface area (Å²) in [7, 11) is 1.76. The van der Waals surface area contributed by atoms with Crippen LogP contribution in [-0.4, -0.2) is 90.2 Å². The molecule has 264 valence electrons. The van der Waals surface area contributed by atoms with E-state index >= 15 is 0 Å². The minimum atomic E-state index is -1.09. The summed E-state index contributed by atoms with van der Waals surface area (Å²) in [5.41, 5.74) is 4.20. The molecule has 4 heterocycles. The van der Waals surface area contributed by atoms with E-state index in [9.17, 15) is 0 Å². The first-order chi connectivity index (χ1) is 24.3. The molecule has 0 aliphatic carbocycles. The van der Waals surface area contributed by atoms with E-state index in [0.717, 1.165) is 49.3 Å². The van der Waals surface area contributed by atoms with E-state index in [0.29, 0.717) is 41.4 Å². The van der Waals surface area contributed by atoms with Crippen LogP contribution in [0.4, 0.5) is 17.1 Å². The summed E-state index contributed by atoms with van der Waals surface area (Å²) in [6.45, 7) is 10.1. The number of piperazine rings is 1. The Kier molecular flexibility index (Phi) is 10.8. The molecule has 0 spiro atoms. The molecule has 50 heavy (non-hydrogen) atoms. The fourth-order valence-electron chi connectivity index (χ4n) is 6.50. The highest BCUT2D eigenvalue weighted by molar-refractivity contribution is 8.14. The highest BCUT2D eigenvalue weighted by Gasteiger charge is 2.45. The number of imidazole rings is 1. The first-order valence-corrected chi connectivity index (χ1v) is 18.5. The number of thioether (sulfide) groups is 1. The van der Waals surface area contributed by atoms with Gasteiger partial charge in [-0.2, -0.15) is 0 Å². The van der Waals surface area contributed by atoms with Gasteiger partial charge in [0.2, 0.25) is 5.79 Å². The Labute approximate surface area is 307 Å². The van der Waals surface area contributed by atoms with Crippen molar-refractivity contribution in [2.45, 2.75) is 43.8 Å². The lowest BCUT2D eigenvalue weighted by atomic mass is 10.1. The zero-order chi connectivity index (χ0) is 34.7. The number of hydrogen-bond donors (Lipinski definition) is 0. The zero-order valence-electron chi connectivity index (χ0n) is 28.5. The van der Waals surface area contributed by atoms with Gasteiger partial charge in [-0.1, -0.05) is 41.0 Å². The average Bonchev–Trinajstić information content (AvgIpc) is 3.89. The molecule has 3 unspecified atom stereocenters. The van der Waals surface area contributed by atoms with E-state index < -0.39 is 5.79 Å². The van der Waals surface area contributed by atoms with Crippen LogP contribution in [0.5, 0.6) is 5.75 Å². The Morgan fingerprint density at radius 1 is 0.980 bits per heavy atom. The van der Waals surface area contributed by atoms with Gasteiger partial charge in [-0.25, -0.2) is 9.98 Å². The molecular weight excluding hydrogens is 695 g/mol. The summed E-state index contributed by atoms with van der Waals surface area (Å²) in [5.74, 6) is -0.307. The van der Waals surface area contributed by atoms with Gasteiger partial charge in [-0.05, 0) is 74.5 Å². The molecular formula is C37H42Cl2N6O4S. The molecule has 4 aromatic rings. The smallest absolute Gasteiger partial charge is 0.215 e. The number of aromatic nitrogens is 2. The monoisotopic (exact) mass is 736 g/mol. The maximum Gasteiger partial charge on any atom is 0.215 e. The number of ether oxygens (including phenoxy) is 4. The second-order valence-corrected chi connectivity index (χ2v) is 14.9. The topological polar surface area (TPSA) is 76.8 Å². The van der Waals surface area contributed by atoms with Gasteiger partial charge in [0.15, 0.2) is 5.17 Å². The third-order valence-corrected chi connectivity index (χ3v) is 10.9. The third-order valence-electron chi connectivity index (χ3n) is 9.22. The van der Waals surface area contributed by atoms with Gasteiger partial charge in [0, 0.05) is 73.7 Å². The van der Waals surface area contributed by atoms with Gasteiger partial charge in [-0.15, -0.1) is 0 Å². The minimum absolute atomic E-state index is 0.124. The van der Waals surface area contributed by atoms with Crippen LogP contribution >= 0.6 is 35.0 Å². The van der Waals surface area contributed by atoms with Gasteiger partial charge in [0.1, 0.15) is 23.9 Å². The summed E-state index contributed by atoms with van der Waals surface area (Å²) in [6, 6.07) is 22.6. The molecule has 3 fully saturated rings. The van der Waals surface area contributed by atoms with Crippen molar-refractivity contribution < 1.29 is 18.9 Å². The molecule has 3 aromatic carbocycles. The van der Waals surface area contributed by atoms with Gasteiger partial charge < -0.3 is 38.2 Å². The quantitative estimate of drug-likeness (QED) is 0.158. The van der Waals surface area contributed by atoms with Crippen molar-refractivity contribution in [3.8, 4) is 5.75 Å². The summed E-state index contributed by atoms with van der Waals surface area (Å²) >= 11 is 14.5. The summed E-state index contributed by atoms with van der Waals surface area (Å²) in [5, 5.41) is 2.06. The Morgan fingerprint density at radius 2 is 1.68 bits per heavy atom. The van der Waals surface area contributed by atoms with Crippen LogP contribution in [0.3, 0.4) is 0 Å². The van der Waals surface area contributed by atoms with Crippen LogP contribution < -0.4 is 14.5 Å². The van der Waals surface area contributed by atoms with Crippen molar-refractivity contribution in [2.24, 2.45) is 4.99 Å². The molecule has 7 rings (SSSR count). The van der Waals surface area contributed by atoms with Crippen LogP contribution in [0.15, 0.2) is 90.4 Å². The summed E-state index contributed by atoms with van der Waals surface area (Å²) in [4.78, 5) is 16.3. The second-order valence-electron chi connectivity index (χ2n) is 12.9. The van der Waals surface area contributed by atoms with Crippen molar-refractivity contribution >= 4 is 57.2 Å². The lowest BCUT2D eigenvalue weighted by molar-refractivity contribution is -0.189. The molecule has 3 aliphatic rings. The third kappa shape index (κ3) is 7.88. The fraction of sp³-hybridized carbons (Fsp3) is 0.405. The maximum atomic E-state index is 6.61. The lowest BCUT2D eigenvalue weighted by Gasteiger charge is -2.37. The van der Waals surface area contributed by atoms with Crippen LogP contribution in [0.2, 0.25) is 10.0 Å². The second kappa shape index (κ2) is 15.4. The van der Waals surface area contributed by atoms with Crippen molar-refractivity contribution in [3.05, 3.63) is 101 Å². The van der Waals surface area contributed by atoms with Crippen LogP contribution in [-0.2, 0) is 26.5 Å². The van der Waals surface area contributed by atoms with E-state index in [-0.39, 0.29) is 11.5 Å². The number of amidine groups is 1.